The van der Waals surface area contributed by atoms with Crippen LogP contribution in [0.3, 0.4) is 0 Å². The molecule has 0 atom stereocenters. The van der Waals surface area contributed by atoms with Crippen molar-refractivity contribution >= 4 is 11.7 Å². The predicted octanol–water partition coefficient (Wildman–Crippen LogP) is 3.11. The van der Waals surface area contributed by atoms with Gasteiger partial charge in [0.15, 0.2) is 0 Å². The van der Waals surface area contributed by atoms with Gasteiger partial charge in [-0.3, -0.25) is 0 Å². The van der Waals surface area contributed by atoms with Crippen molar-refractivity contribution < 1.29 is 0 Å². The molecule has 0 unspecified atom stereocenters. The lowest BCUT2D eigenvalue weighted by molar-refractivity contribution is 0.941. The molecule has 4 N–H and O–H groups in total. The van der Waals surface area contributed by atoms with E-state index in [4.69, 9.17) is 11.5 Å². The Kier molecular flexibility index (Phi) is 8.62. The molecule has 0 fully saturated rings. The van der Waals surface area contributed by atoms with Gasteiger partial charge in [0.25, 0.3) is 0 Å². The maximum atomic E-state index is 5.20. The van der Waals surface area contributed by atoms with Gasteiger partial charge in [-0.05, 0) is 53.4 Å². The zero-order valence-corrected chi connectivity index (χ0v) is 12.0. The third-order valence-corrected chi connectivity index (χ3v) is 2.43. The minimum atomic E-state index is 0.00259. The van der Waals surface area contributed by atoms with E-state index in [1.807, 2.05) is 6.92 Å². The highest BCUT2D eigenvalue weighted by molar-refractivity contribution is 5.83. The van der Waals surface area contributed by atoms with Crippen molar-refractivity contribution in [3.05, 3.63) is 23.3 Å². The van der Waals surface area contributed by atoms with Crippen molar-refractivity contribution in [3.8, 4) is 0 Å². The second-order valence-corrected chi connectivity index (χ2v) is 4.77. The molecule has 0 radical (unpaired) electrons. The van der Waals surface area contributed by atoms with Crippen LogP contribution >= 0.6 is 0 Å². The quantitative estimate of drug-likeness (QED) is 0.315. The summed E-state index contributed by atoms with van der Waals surface area (Å²) in [6.07, 6.45) is 8.63. The molecule has 0 saturated carbocycles. The molecule has 0 bridgehead atoms. The topological polar surface area (TPSA) is 76.8 Å². The minimum absolute atomic E-state index is 0.00259. The first-order valence-electron chi connectivity index (χ1n) is 6.33. The molecule has 0 saturated heterocycles. The first kappa shape index (κ1) is 16.4. The lowest BCUT2D eigenvalue weighted by Crippen LogP contribution is -2.22. The zero-order valence-electron chi connectivity index (χ0n) is 12.0. The van der Waals surface area contributed by atoms with Crippen LogP contribution in [-0.2, 0) is 0 Å². The van der Waals surface area contributed by atoms with E-state index in [-0.39, 0.29) is 5.96 Å². The summed E-state index contributed by atoms with van der Waals surface area (Å²) in [4.78, 5) is 0. The number of rotatable bonds is 7. The molecule has 0 aliphatic carbocycles. The van der Waals surface area contributed by atoms with Crippen LogP contribution in [0.2, 0.25) is 0 Å². The Morgan fingerprint density at radius 1 is 0.889 bits per heavy atom. The molecule has 0 aliphatic heterocycles. The summed E-state index contributed by atoms with van der Waals surface area (Å²) >= 11 is 0. The lowest BCUT2D eigenvalue weighted by atomic mass is 10.1. The molecule has 0 aromatic rings. The zero-order chi connectivity index (χ0) is 14.0. The second-order valence-electron chi connectivity index (χ2n) is 4.77. The van der Waals surface area contributed by atoms with Gasteiger partial charge < -0.3 is 11.5 Å². The van der Waals surface area contributed by atoms with E-state index >= 15 is 0 Å². The molecule has 0 aliphatic rings. The van der Waals surface area contributed by atoms with Gasteiger partial charge >= 0.3 is 0 Å². The van der Waals surface area contributed by atoms with Crippen LogP contribution in [-0.4, -0.2) is 11.7 Å². The summed E-state index contributed by atoms with van der Waals surface area (Å²) in [5.41, 5.74) is 14.1. The summed E-state index contributed by atoms with van der Waals surface area (Å²) in [5, 5.41) is 7.54. The number of allylic oxidation sites excluding steroid dienone is 4. The molecule has 102 valence electrons. The summed E-state index contributed by atoms with van der Waals surface area (Å²) in [6.45, 7) is 8.35. The maximum absolute atomic E-state index is 5.20. The largest absolute Gasteiger partial charge is 0.369 e. The molecule has 4 nitrogen and oxygen atoms in total. The third kappa shape index (κ3) is 10.9. The fraction of sp³-hybridized carbons (Fsp3) is 0.571. The minimum Gasteiger partial charge on any atom is -0.369 e. The molecule has 0 aromatic carbocycles. The molecule has 0 spiro atoms. The van der Waals surface area contributed by atoms with E-state index < -0.39 is 0 Å². The summed E-state index contributed by atoms with van der Waals surface area (Å²) in [7, 11) is 0. The van der Waals surface area contributed by atoms with Gasteiger partial charge in [0.05, 0.1) is 0 Å². The second kappa shape index (κ2) is 9.45. The molecule has 0 amide bonds. The van der Waals surface area contributed by atoms with Crippen molar-refractivity contribution in [2.45, 2.75) is 53.4 Å². The van der Waals surface area contributed by atoms with Crippen molar-refractivity contribution in [2.75, 3.05) is 0 Å². The highest BCUT2D eigenvalue weighted by Crippen LogP contribution is 2.08. The SMILES string of the molecule is CC(C)=CCCC(C)=CCCC(C)=NN=C(N)N. The van der Waals surface area contributed by atoms with Crippen molar-refractivity contribution in [3.63, 3.8) is 0 Å². The summed E-state index contributed by atoms with van der Waals surface area (Å²) < 4.78 is 0. The summed E-state index contributed by atoms with van der Waals surface area (Å²) in [6, 6.07) is 0. The Balaban J connectivity index is 3.97. The van der Waals surface area contributed by atoms with E-state index in [1.165, 1.54) is 11.1 Å². The van der Waals surface area contributed by atoms with Gasteiger partial charge in [0.1, 0.15) is 0 Å². The van der Waals surface area contributed by atoms with Crippen molar-refractivity contribution in [2.24, 2.45) is 21.7 Å². The van der Waals surface area contributed by atoms with Crippen LogP contribution in [0.25, 0.3) is 0 Å². The number of hydrogen-bond acceptors (Lipinski definition) is 2. The monoisotopic (exact) mass is 250 g/mol. The lowest BCUT2D eigenvalue weighted by Gasteiger charge is -1.99. The highest BCUT2D eigenvalue weighted by Gasteiger charge is 1.92. The van der Waals surface area contributed by atoms with Gasteiger partial charge in [-0.25, -0.2) is 0 Å². The van der Waals surface area contributed by atoms with Gasteiger partial charge in [-0.15, -0.1) is 5.10 Å². The van der Waals surface area contributed by atoms with E-state index in [0.717, 1.165) is 31.4 Å². The molecule has 4 heteroatoms. The first-order valence-corrected chi connectivity index (χ1v) is 6.33. The molecule has 0 heterocycles. The highest BCUT2D eigenvalue weighted by atomic mass is 15.3. The number of hydrogen-bond donors (Lipinski definition) is 2. The maximum Gasteiger partial charge on any atom is 0.211 e. The van der Waals surface area contributed by atoms with Crippen molar-refractivity contribution in [1.29, 1.82) is 0 Å². The Hall–Kier alpha value is -1.58. The van der Waals surface area contributed by atoms with Crippen LogP contribution in [0, 0.1) is 0 Å². The number of guanidine groups is 1. The Morgan fingerprint density at radius 2 is 1.50 bits per heavy atom. The molecule has 18 heavy (non-hydrogen) atoms. The van der Waals surface area contributed by atoms with E-state index in [0.29, 0.717) is 0 Å². The third-order valence-electron chi connectivity index (χ3n) is 2.43. The van der Waals surface area contributed by atoms with Crippen LogP contribution in [0.15, 0.2) is 33.5 Å². The van der Waals surface area contributed by atoms with Crippen LogP contribution < -0.4 is 11.5 Å². The average Bonchev–Trinajstić information content (AvgIpc) is 2.25. The molecular formula is C14H26N4. The first-order chi connectivity index (χ1) is 8.41. The Bertz CT molecular complexity index is 354. The van der Waals surface area contributed by atoms with E-state index in [2.05, 4.69) is 43.1 Å². The Labute approximate surface area is 111 Å². The fourth-order valence-corrected chi connectivity index (χ4v) is 1.41. The van der Waals surface area contributed by atoms with E-state index in [9.17, 15) is 0 Å². The number of nitrogens with zero attached hydrogens (tertiary/aromatic N) is 2. The molecule has 0 rings (SSSR count). The van der Waals surface area contributed by atoms with Crippen LogP contribution in [0.5, 0.6) is 0 Å². The van der Waals surface area contributed by atoms with Crippen LogP contribution in [0.4, 0.5) is 0 Å². The molecular weight excluding hydrogens is 224 g/mol. The fourth-order valence-electron chi connectivity index (χ4n) is 1.41. The number of nitrogens with two attached hydrogens (primary N) is 2. The van der Waals surface area contributed by atoms with Crippen LogP contribution in [0.1, 0.15) is 53.4 Å². The predicted molar refractivity (Wildman–Crippen MR) is 80.6 cm³/mol. The van der Waals surface area contributed by atoms with Gasteiger partial charge in [0, 0.05) is 5.71 Å². The van der Waals surface area contributed by atoms with Gasteiger partial charge in [0.2, 0.25) is 5.96 Å². The normalized spacial score (nSPS) is 12.2. The van der Waals surface area contributed by atoms with Gasteiger partial charge in [-0.2, -0.15) is 5.10 Å². The Morgan fingerprint density at radius 3 is 2.06 bits per heavy atom. The van der Waals surface area contributed by atoms with Gasteiger partial charge in [-0.1, -0.05) is 23.3 Å². The average molecular weight is 250 g/mol. The molecule has 0 aromatic heterocycles. The summed E-state index contributed by atoms with van der Waals surface area (Å²) in [5.74, 6) is 0.00259. The smallest absolute Gasteiger partial charge is 0.211 e. The standard InChI is InChI=1S/C14H26N4/c1-11(2)7-5-8-12(3)9-6-10-13(4)17-18-14(15)16/h7,9H,5-6,8,10H2,1-4H3,(H4,15,16,18). The van der Waals surface area contributed by atoms with Crippen molar-refractivity contribution in [1.82, 2.24) is 0 Å². The van der Waals surface area contributed by atoms with E-state index in [1.54, 1.807) is 0 Å².